The first kappa shape index (κ1) is 16.6. The molecule has 22 heavy (non-hydrogen) atoms. The first-order chi connectivity index (χ1) is 10.5. The number of amides is 1. The lowest BCUT2D eigenvalue weighted by atomic mass is 10.2. The number of esters is 1. The minimum absolute atomic E-state index is 0.101. The zero-order valence-electron chi connectivity index (χ0n) is 11.9. The predicted octanol–water partition coefficient (Wildman–Crippen LogP) is 2.98. The molecule has 1 aliphatic heterocycles. The van der Waals surface area contributed by atoms with Gasteiger partial charge in [-0.2, -0.15) is 0 Å². The van der Waals surface area contributed by atoms with E-state index in [4.69, 9.17) is 17.0 Å². The van der Waals surface area contributed by atoms with Crippen LogP contribution in [0.25, 0.3) is 6.08 Å². The molecular weight excluding hydrogens is 325 g/mol. The standard InChI is InChI=1S/C15H14FNO3S2/c1-2-20-13(18)7-8-17-14(19)12(22-15(17)21)9-10-3-5-11(16)6-4-10/h3-6,9H,2,7-8H2,1H3/b12-9-. The zero-order chi connectivity index (χ0) is 16.1. The summed E-state index contributed by atoms with van der Waals surface area (Å²) in [4.78, 5) is 25.5. The number of nitrogens with zero attached hydrogens (tertiary/aromatic N) is 1. The quantitative estimate of drug-likeness (QED) is 0.469. The van der Waals surface area contributed by atoms with Gasteiger partial charge in [0, 0.05) is 6.54 Å². The number of carbonyl (C=O) groups is 2. The molecule has 1 aromatic carbocycles. The van der Waals surface area contributed by atoms with E-state index in [2.05, 4.69) is 0 Å². The van der Waals surface area contributed by atoms with E-state index in [0.717, 1.165) is 0 Å². The molecule has 0 spiro atoms. The second-order valence-electron chi connectivity index (χ2n) is 4.44. The van der Waals surface area contributed by atoms with Crippen LogP contribution in [0.4, 0.5) is 4.39 Å². The van der Waals surface area contributed by atoms with Crippen molar-refractivity contribution in [3.05, 3.63) is 40.6 Å². The van der Waals surface area contributed by atoms with Crippen molar-refractivity contribution in [2.24, 2.45) is 0 Å². The molecule has 1 amide bonds. The average Bonchev–Trinajstić information content (AvgIpc) is 2.74. The highest BCUT2D eigenvalue weighted by atomic mass is 32.2. The fourth-order valence-corrected chi connectivity index (χ4v) is 3.15. The molecule has 0 unspecified atom stereocenters. The van der Waals surface area contributed by atoms with Crippen molar-refractivity contribution >= 4 is 46.3 Å². The Balaban J connectivity index is 2.05. The Morgan fingerprint density at radius 3 is 2.73 bits per heavy atom. The minimum Gasteiger partial charge on any atom is -0.466 e. The average molecular weight is 339 g/mol. The Morgan fingerprint density at radius 1 is 1.41 bits per heavy atom. The van der Waals surface area contributed by atoms with Crippen LogP contribution in [-0.2, 0) is 14.3 Å². The second kappa shape index (κ2) is 7.51. The van der Waals surface area contributed by atoms with Crippen LogP contribution in [0.1, 0.15) is 18.9 Å². The highest BCUT2D eigenvalue weighted by Crippen LogP contribution is 2.32. The van der Waals surface area contributed by atoms with Crippen LogP contribution in [-0.4, -0.2) is 34.2 Å². The van der Waals surface area contributed by atoms with Gasteiger partial charge in [0.2, 0.25) is 0 Å². The normalized spacial score (nSPS) is 16.5. The molecule has 0 radical (unpaired) electrons. The maximum Gasteiger partial charge on any atom is 0.307 e. The van der Waals surface area contributed by atoms with E-state index in [-0.39, 0.29) is 30.7 Å². The number of halogens is 1. The van der Waals surface area contributed by atoms with Gasteiger partial charge in [0.15, 0.2) is 0 Å². The van der Waals surface area contributed by atoms with Gasteiger partial charge in [0.05, 0.1) is 17.9 Å². The summed E-state index contributed by atoms with van der Waals surface area (Å²) in [6.07, 6.45) is 1.76. The monoisotopic (exact) mass is 339 g/mol. The Morgan fingerprint density at radius 2 is 2.09 bits per heavy atom. The highest BCUT2D eigenvalue weighted by Gasteiger charge is 2.32. The Kier molecular flexibility index (Phi) is 5.68. The molecule has 2 rings (SSSR count). The van der Waals surface area contributed by atoms with E-state index < -0.39 is 0 Å². The number of hydrogen-bond acceptors (Lipinski definition) is 5. The van der Waals surface area contributed by atoms with E-state index >= 15 is 0 Å². The molecule has 0 bridgehead atoms. The molecule has 0 N–H and O–H groups in total. The van der Waals surface area contributed by atoms with E-state index in [0.29, 0.717) is 21.4 Å². The van der Waals surface area contributed by atoms with Crippen molar-refractivity contribution in [1.29, 1.82) is 0 Å². The molecule has 4 nitrogen and oxygen atoms in total. The Hall–Kier alpha value is -1.73. The zero-order valence-corrected chi connectivity index (χ0v) is 13.5. The maximum absolute atomic E-state index is 12.9. The van der Waals surface area contributed by atoms with Crippen LogP contribution in [0.5, 0.6) is 0 Å². The topological polar surface area (TPSA) is 46.6 Å². The molecule has 0 saturated carbocycles. The van der Waals surface area contributed by atoms with Crippen molar-refractivity contribution < 1.29 is 18.7 Å². The third-order valence-corrected chi connectivity index (χ3v) is 4.26. The molecular formula is C15H14FNO3S2. The summed E-state index contributed by atoms with van der Waals surface area (Å²) < 4.78 is 18.1. The van der Waals surface area contributed by atoms with Gasteiger partial charge >= 0.3 is 5.97 Å². The maximum atomic E-state index is 12.9. The van der Waals surface area contributed by atoms with Crippen molar-refractivity contribution in [3.8, 4) is 0 Å². The third-order valence-electron chi connectivity index (χ3n) is 2.89. The van der Waals surface area contributed by atoms with Crippen LogP contribution >= 0.6 is 24.0 Å². The SMILES string of the molecule is CCOC(=O)CCN1C(=O)/C(=C/c2ccc(F)cc2)SC1=S. The number of hydrogen-bond donors (Lipinski definition) is 0. The molecule has 1 fully saturated rings. The fraction of sp³-hybridized carbons (Fsp3) is 0.267. The number of thiocarbonyl (C=S) groups is 1. The van der Waals surface area contributed by atoms with Crippen molar-refractivity contribution in [3.63, 3.8) is 0 Å². The van der Waals surface area contributed by atoms with Gasteiger partial charge in [-0.15, -0.1) is 0 Å². The summed E-state index contributed by atoms with van der Waals surface area (Å²) >= 11 is 6.33. The second-order valence-corrected chi connectivity index (χ2v) is 6.12. The molecule has 7 heteroatoms. The molecule has 0 atom stereocenters. The third kappa shape index (κ3) is 4.14. The Bertz CT molecular complexity index is 628. The van der Waals surface area contributed by atoms with E-state index in [9.17, 15) is 14.0 Å². The smallest absolute Gasteiger partial charge is 0.307 e. The van der Waals surface area contributed by atoms with Crippen molar-refractivity contribution in [2.75, 3.05) is 13.2 Å². The van der Waals surface area contributed by atoms with Gasteiger partial charge in [0.1, 0.15) is 10.1 Å². The summed E-state index contributed by atoms with van der Waals surface area (Å²) in [5.74, 6) is -0.943. The van der Waals surface area contributed by atoms with Crippen molar-refractivity contribution in [1.82, 2.24) is 4.90 Å². The van der Waals surface area contributed by atoms with E-state index in [1.807, 2.05) is 0 Å². The summed E-state index contributed by atoms with van der Waals surface area (Å²) in [6.45, 7) is 2.23. The van der Waals surface area contributed by atoms with Gasteiger partial charge < -0.3 is 4.74 Å². The number of benzene rings is 1. The van der Waals surface area contributed by atoms with Gasteiger partial charge in [0.25, 0.3) is 5.91 Å². The highest BCUT2D eigenvalue weighted by molar-refractivity contribution is 8.26. The lowest BCUT2D eigenvalue weighted by molar-refractivity contribution is -0.143. The van der Waals surface area contributed by atoms with Crippen LogP contribution < -0.4 is 0 Å². The molecule has 0 aromatic heterocycles. The molecule has 1 heterocycles. The van der Waals surface area contributed by atoms with Crippen LogP contribution in [0.3, 0.4) is 0 Å². The van der Waals surface area contributed by atoms with Crippen LogP contribution in [0, 0.1) is 5.82 Å². The fourth-order valence-electron chi connectivity index (χ4n) is 1.84. The number of thioether (sulfide) groups is 1. The van der Waals surface area contributed by atoms with Crippen LogP contribution in [0.2, 0.25) is 0 Å². The van der Waals surface area contributed by atoms with E-state index in [1.165, 1.54) is 28.8 Å². The minimum atomic E-state index is -0.362. The number of ether oxygens (including phenoxy) is 1. The Labute approximate surface area is 137 Å². The molecule has 1 aromatic rings. The summed E-state index contributed by atoms with van der Waals surface area (Å²) in [6, 6.07) is 5.82. The first-order valence-electron chi connectivity index (χ1n) is 6.68. The van der Waals surface area contributed by atoms with Gasteiger partial charge in [-0.1, -0.05) is 36.1 Å². The summed E-state index contributed by atoms with van der Waals surface area (Å²) in [5.41, 5.74) is 0.715. The molecule has 116 valence electrons. The van der Waals surface area contributed by atoms with Crippen LogP contribution in [0.15, 0.2) is 29.2 Å². The predicted molar refractivity (Wildman–Crippen MR) is 87.5 cm³/mol. The largest absolute Gasteiger partial charge is 0.466 e. The van der Waals surface area contributed by atoms with Gasteiger partial charge in [-0.3, -0.25) is 14.5 Å². The molecule has 1 aliphatic rings. The van der Waals surface area contributed by atoms with Crippen molar-refractivity contribution in [2.45, 2.75) is 13.3 Å². The lowest BCUT2D eigenvalue weighted by Gasteiger charge is -2.13. The first-order valence-corrected chi connectivity index (χ1v) is 7.90. The summed E-state index contributed by atoms with van der Waals surface area (Å²) in [5, 5.41) is 0. The lowest BCUT2D eigenvalue weighted by Crippen LogP contribution is -2.30. The number of rotatable bonds is 5. The van der Waals surface area contributed by atoms with E-state index in [1.54, 1.807) is 25.1 Å². The molecule has 1 saturated heterocycles. The van der Waals surface area contributed by atoms with Gasteiger partial charge in [-0.05, 0) is 30.7 Å². The number of carbonyl (C=O) groups excluding carboxylic acids is 2. The van der Waals surface area contributed by atoms with Gasteiger partial charge in [-0.25, -0.2) is 4.39 Å². The summed E-state index contributed by atoms with van der Waals surface area (Å²) in [7, 11) is 0. The molecule has 0 aliphatic carbocycles.